The average Bonchev–Trinajstić information content (AvgIpc) is 2.70. The van der Waals surface area contributed by atoms with Crippen molar-refractivity contribution < 1.29 is 14.2 Å². The van der Waals surface area contributed by atoms with Gasteiger partial charge in [0.1, 0.15) is 23.4 Å². The number of phenols is 1. The number of hydrogen-bond acceptors (Lipinski definition) is 6. The smallest absolute Gasteiger partial charge is 0.159 e. The first kappa shape index (κ1) is 17.5. The lowest BCUT2D eigenvalue weighted by Gasteiger charge is -2.39. The number of halogens is 2. The summed E-state index contributed by atoms with van der Waals surface area (Å²) in [5, 5.41) is 14.2. The Kier molecular flexibility index (Phi) is 4.21. The number of para-hydroxylation sites is 1. The molecule has 1 fully saturated rings. The minimum Gasteiger partial charge on any atom is -0.507 e. The maximum atomic E-state index is 15.6. The summed E-state index contributed by atoms with van der Waals surface area (Å²) in [6.07, 6.45) is 2.16. The number of benzene rings is 2. The molecule has 2 aliphatic rings. The Labute approximate surface area is 165 Å². The third-order valence-electron chi connectivity index (χ3n) is 5.39. The molecule has 0 spiro atoms. The topological polar surface area (TPSA) is 70.5 Å². The van der Waals surface area contributed by atoms with Gasteiger partial charge in [-0.3, -0.25) is 0 Å². The molecule has 3 heterocycles. The predicted octanol–water partition coefficient (Wildman–Crippen LogP) is 3.36. The first-order chi connectivity index (χ1) is 13.7. The van der Waals surface area contributed by atoms with Gasteiger partial charge in [0.05, 0.1) is 17.0 Å². The van der Waals surface area contributed by atoms with Crippen molar-refractivity contribution in [2.75, 3.05) is 31.1 Å². The van der Waals surface area contributed by atoms with E-state index in [1.54, 1.807) is 18.2 Å². The Balaban J connectivity index is 1.84. The zero-order chi connectivity index (χ0) is 19.3. The number of anilines is 1. The lowest BCUT2D eigenvalue weighted by Crippen LogP contribution is -2.52. The van der Waals surface area contributed by atoms with Crippen LogP contribution in [-0.2, 0) is 0 Å². The van der Waals surface area contributed by atoms with E-state index >= 15 is 4.39 Å². The zero-order valence-corrected chi connectivity index (χ0v) is 15.7. The number of rotatable bonds is 1. The molecule has 144 valence electrons. The molecule has 2 aliphatic heterocycles. The zero-order valence-electron chi connectivity index (χ0n) is 15.0. The van der Waals surface area contributed by atoms with Crippen molar-refractivity contribution in [3.05, 3.63) is 41.4 Å². The van der Waals surface area contributed by atoms with E-state index in [0.717, 1.165) is 26.1 Å². The molecular formula is C20H18ClFN4O2. The normalized spacial score (nSPS) is 18.9. The fourth-order valence-electron chi connectivity index (χ4n) is 4.06. The summed E-state index contributed by atoms with van der Waals surface area (Å²) in [7, 11) is 0. The van der Waals surface area contributed by atoms with Crippen molar-refractivity contribution in [1.29, 1.82) is 0 Å². The van der Waals surface area contributed by atoms with Gasteiger partial charge >= 0.3 is 0 Å². The van der Waals surface area contributed by atoms with Gasteiger partial charge in [-0.05, 0) is 6.07 Å². The third kappa shape index (κ3) is 2.57. The lowest BCUT2D eigenvalue weighted by molar-refractivity contribution is 0.284. The third-order valence-corrected chi connectivity index (χ3v) is 5.75. The molecule has 28 heavy (non-hydrogen) atoms. The second kappa shape index (κ2) is 6.76. The SMILES string of the molecule is Oc1ccccc1-c1c(Cl)c2c3c(ncnc3c1F)N1CCNCC1CCO2. The minimum absolute atomic E-state index is 0.0582. The van der Waals surface area contributed by atoms with Crippen LogP contribution in [0.1, 0.15) is 6.42 Å². The van der Waals surface area contributed by atoms with Crippen LogP contribution in [0.5, 0.6) is 11.5 Å². The first-order valence-corrected chi connectivity index (χ1v) is 9.58. The summed E-state index contributed by atoms with van der Waals surface area (Å²) in [6.45, 7) is 2.84. The number of aromatic nitrogens is 2. The molecule has 1 saturated heterocycles. The Morgan fingerprint density at radius 1 is 1.29 bits per heavy atom. The molecule has 2 aromatic carbocycles. The van der Waals surface area contributed by atoms with Crippen LogP contribution in [0.3, 0.4) is 0 Å². The van der Waals surface area contributed by atoms with Crippen LogP contribution < -0.4 is 15.0 Å². The van der Waals surface area contributed by atoms with Crippen LogP contribution in [-0.4, -0.2) is 47.4 Å². The minimum atomic E-state index is -0.593. The van der Waals surface area contributed by atoms with Crippen molar-refractivity contribution in [1.82, 2.24) is 15.3 Å². The van der Waals surface area contributed by atoms with Crippen molar-refractivity contribution in [2.45, 2.75) is 12.5 Å². The molecule has 0 amide bonds. The predicted molar refractivity (Wildman–Crippen MR) is 106 cm³/mol. The highest BCUT2D eigenvalue weighted by Crippen LogP contribution is 2.48. The number of aromatic hydroxyl groups is 1. The maximum Gasteiger partial charge on any atom is 0.159 e. The van der Waals surface area contributed by atoms with Gasteiger partial charge in [-0.25, -0.2) is 14.4 Å². The van der Waals surface area contributed by atoms with Gasteiger partial charge in [-0.15, -0.1) is 0 Å². The summed E-state index contributed by atoms with van der Waals surface area (Å²) in [4.78, 5) is 10.8. The summed E-state index contributed by atoms with van der Waals surface area (Å²) in [6, 6.07) is 6.71. The van der Waals surface area contributed by atoms with Crippen LogP contribution in [0.15, 0.2) is 30.6 Å². The first-order valence-electron chi connectivity index (χ1n) is 9.21. The van der Waals surface area contributed by atoms with Gasteiger partial charge in [0.2, 0.25) is 0 Å². The van der Waals surface area contributed by atoms with E-state index < -0.39 is 5.82 Å². The van der Waals surface area contributed by atoms with Crippen LogP contribution in [0.2, 0.25) is 5.02 Å². The number of nitrogens with zero attached hydrogens (tertiary/aromatic N) is 3. The van der Waals surface area contributed by atoms with E-state index in [1.165, 1.54) is 12.4 Å². The Morgan fingerprint density at radius 2 is 2.14 bits per heavy atom. The van der Waals surface area contributed by atoms with Crippen LogP contribution in [0.4, 0.5) is 10.2 Å². The van der Waals surface area contributed by atoms with Gasteiger partial charge in [-0.2, -0.15) is 0 Å². The van der Waals surface area contributed by atoms with Crippen molar-refractivity contribution >= 4 is 28.3 Å². The number of phenolic OH excluding ortho intramolecular Hbond substituents is 1. The maximum absolute atomic E-state index is 15.6. The number of hydrogen-bond donors (Lipinski definition) is 2. The molecular weight excluding hydrogens is 383 g/mol. The summed E-state index contributed by atoms with van der Waals surface area (Å²) < 4.78 is 21.6. The van der Waals surface area contributed by atoms with Gasteiger partial charge in [0.25, 0.3) is 0 Å². The molecule has 0 saturated carbocycles. The van der Waals surface area contributed by atoms with E-state index in [4.69, 9.17) is 16.3 Å². The molecule has 0 radical (unpaired) electrons. The standard InChI is InChI=1S/C20H18ClFN4O2/c21-16-14(12-3-1-2-4-13(12)27)17(22)18-15-19(16)28-8-5-11-9-23-6-7-26(11)20(15)25-10-24-18/h1-4,10-11,23,27H,5-9H2. The molecule has 1 atom stereocenters. The second-order valence-electron chi connectivity index (χ2n) is 6.96. The molecule has 1 unspecified atom stereocenters. The van der Waals surface area contributed by atoms with Crippen LogP contribution in [0.25, 0.3) is 22.0 Å². The van der Waals surface area contributed by atoms with Crippen LogP contribution >= 0.6 is 11.6 Å². The molecule has 2 N–H and O–H groups in total. The van der Waals surface area contributed by atoms with Gasteiger partial charge in [-0.1, -0.05) is 29.8 Å². The van der Waals surface area contributed by atoms with E-state index in [0.29, 0.717) is 29.1 Å². The second-order valence-corrected chi connectivity index (χ2v) is 7.34. The molecule has 0 aliphatic carbocycles. The largest absolute Gasteiger partial charge is 0.507 e. The van der Waals surface area contributed by atoms with E-state index in [2.05, 4.69) is 20.2 Å². The van der Waals surface area contributed by atoms with Crippen molar-refractivity contribution in [2.24, 2.45) is 0 Å². The fourth-order valence-corrected chi connectivity index (χ4v) is 4.39. The highest BCUT2D eigenvalue weighted by molar-refractivity contribution is 6.36. The average molecular weight is 401 g/mol. The van der Waals surface area contributed by atoms with Gasteiger partial charge < -0.3 is 20.1 Å². The van der Waals surface area contributed by atoms with Crippen molar-refractivity contribution in [3.63, 3.8) is 0 Å². The van der Waals surface area contributed by atoms with Crippen molar-refractivity contribution in [3.8, 4) is 22.6 Å². The van der Waals surface area contributed by atoms with Gasteiger partial charge in [0.15, 0.2) is 11.6 Å². The molecule has 5 rings (SSSR count). The quantitative estimate of drug-likeness (QED) is 0.652. The molecule has 6 nitrogen and oxygen atoms in total. The molecule has 3 aromatic rings. The Hall–Kier alpha value is -2.64. The number of fused-ring (bicyclic) bond motifs is 2. The number of ether oxygens (including phenoxy) is 1. The summed E-state index contributed by atoms with van der Waals surface area (Å²) >= 11 is 6.64. The Morgan fingerprint density at radius 3 is 3.00 bits per heavy atom. The highest BCUT2D eigenvalue weighted by atomic mass is 35.5. The highest BCUT2D eigenvalue weighted by Gasteiger charge is 2.32. The fraction of sp³-hybridized carbons (Fsp3) is 0.300. The van der Waals surface area contributed by atoms with E-state index in [1.807, 2.05) is 0 Å². The van der Waals surface area contributed by atoms with E-state index in [-0.39, 0.29) is 27.9 Å². The monoisotopic (exact) mass is 400 g/mol. The molecule has 1 aromatic heterocycles. The number of piperazine rings is 1. The lowest BCUT2D eigenvalue weighted by atomic mass is 9.99. The van der Waals surface area contributed by atoms with E-state index in [9.17, 15) is 5.11 Å². The molecule has 0 bridgehead atoms. The summed E-state index contributed by atoms with van der Waals surface area (Å²) in [5.74, 6) is 0.349. The Bertz CT molecular complexity index is 1080. The van der Waals surface area contributed by atoms with Crippen LogP contribution in [0, 0.1) is 5.82 Å². The molecule has 8 heteroatoms. The summed E-state index contributed by atoms with van der Waals surface area (Å²) in [5.41, 5.74) is 0.528. The van der Waals surface area contributed by atoms with Gasteiger partial charge in [0, 0.05) is 43.2 Å². The number of nitrogens with one attached hydrogen (secondary N) is 1.